The molecule has 1 fully saturated rings. The molecule has 1 unspecified atom stereocenters. The van der Waals surface area contributed by atoms with E-state index in [0.29, 0.717) is 17.1 Å². The Morgan fingerprint density at radius 2 is 2.00 bits per heavy atom. The van der Waals surface area contributed by atoms with Gasteiger partial charge in [0.05, 0.1) is 13.2 Å². The smallest absolute Gasteiger partial charge is 0.251 e. The Bertz CT molecular complexity index is 807. The van der Waals surface area contributed by atoms with Crippen LogP contribution in [0.15, 0.2) is 48.5 Å². The maximum Gasteiger partial charge on any atom is 0.251 e. The van der Waals surface area contributed by atoms with Crippen molar-refractivity contribution in [1.29, 1.82) is 0 Å². The Labute approximate surface area is 164 Å². The molecule has 1 N–H and O–H groups in total. The number of amides is 2. The molecule has 0 spiro atoms. The lowest BCUT2D eigenvalue weighted by Gasteiger charge is -2.25. The van der Waals surface area contributed by atoms with Gasteiger partial charge in [0, 0.05) is 30.1 Å². The highest BCUT2D eigenvalue weighted by atomic mass is 35.5. The highest BCUT2D eigenvalue weighted by Crippen LogP contribution is 2.33. The first kappa shape index (κ1) is 19.2. The number of methoxy groups -OCH3 is 1. The van der Waals surface area contributed by atoms with Crippen molar-refractivity contribution in [3.8, 4) is 5.75 Å². The summed E-state index contributed by atoms with van der Waals surface area (Å²) in [6, 6.07) is 14.6. The molecule has 3 rings (SSSR count). The lowest BCUT2D eigenvalue weighted by molar-refractivity contribution is -0.132. The van der Waals surface area contributed by atoms with E-state index in [1.54, 1.807) is 31.4 Å². The third-order valence-corrected chi connectivity index (χ3v) is 5.03. The second-order valence-corrected chi connectivity index (χ2v) is 6.97. The number of carbonyl (C=O) groups is 2. The second kappa shape index (κ2) is 8.91. The number of rotatable bonds is 6. The number of halogens is 1. The molecular formula is C21H23ClN2O3. The second-order valence-electron chi connectivity index (χ2n) is 6.53. The number of nitrogens with one attached hydrogen (secondary N) is 1. The number of benzene rings is 2. The van der Waals surface area contributed by atoms with Crippen molar-refractivity contribution in [2.45, 2.75) is 25.3 Å². The lowest BCUT2D eigenvalue weighted by atomic mass is 10.0. The van der Waals surface area contributed by atoms with Crippen molar-refractivity contribution in [2.75, 3.05) is 20.2 Å². The summed E-state index contributed by atoms with van der Waals surface area (Å²) in [6.45, 7) is 1.05. The fraction of sp³-hybridized carbons (Fsp3) is 0.333. The summed E-state index contributed by atoms with van der Waals surface area (Å²) >= 11 is 5.83. The molecule has 27 heavy (non-hydrogen) atoms. The SMILES string of the molecule is COc1cccc(C2CCCN2C(=O)CCNC(=O)c2ccc(Cl)cc2)c1. The third kappa shape index (κ3) is 4.80. The molecule has 5 nitrogen and oxygen atoms in total. The molecular weight excluding hydrogens is 364 g/mol. The van der Waals surface area contributed by atoms with Crippen molar-refractivity contribution < 1.29 is 14.3 Å². The van der Waals surface area contributed by atoms with Crippen LogP contribution in [0.2, 0.25) is 5.02 Å². The monoisotopic (exact) mass is 386 g/mol. The van der Waals surface area contributed by atoms with Gasteiger partial charge in [0.25, 0.3) is 5.91 Å². The van der Waals surface area contributed by atoms with Crippen molar-refractivity contribution in [2.24, 2.45) is 0 Å². The molecule has 1 atom stereocenters. The predicted octanol–water partition coefficient (Wildman–Crippen LogP) is 3.83. The van der Waals surface area contributed by atoms with Gasteiger partial charge in [-0.15, -0.1) is 0 Å². The van der Waals surface area contributed by atoms with Gasteiger partial charge in [0.2, 0.25) is 5.91 Å². The van der Waals surface area contributed by atoms with Crippen LogP contribution in [-0.2, 0) is 4.79 Å². The Morgan fingerprint density at radius 1 is 1.22 bits per heavy atom. The van der Waals surface area contributed by atoms with Gasteiger partial charge < -0.3 is 15.0 Å². The van der Waals surface area contributed by atoms with Gasteiger partial charge in [-0.2, -0.15) is 0 Å². The quantitative estimate of drug-likeness (QED) is 0.820. The highest BCUT2D eigenvalue weighted by Gasteiger charge is 2.29. The van der Waals surface area contributed by atoms with Crippen LogP contribution < -0.4 is 10.1 Å². The molecule has 0 bridgehead atoms. The Balaban J connectivity index is 1.55. The number of ether oxygens (including phenoxy) is 1. The molecule has 0 aromatic heterocycles. The molecule has 0 saturated carbocycles. The Morgan fingerprint density at radius 3 is 2.74 bits per heavy atom. The van der Waals surface area contributed by atoms with E-state index in [-0.39, 0.29) is 24.3 Å². The minimum absolute atomic E-state index is 0.0525. The molecule has 0 radical (unpaired) electrons. The van der Waals surface area contributed by atoms with Gasteiger partial charge in [0.1, 0.15) is 5.75 Å². The van der Waals surface area contributed by atoms with E-state index in [1.165, 1.54) is 0 Å². The van der Waals surface area contributed by atoms with E-state index in [0.717, 1.165) is 30.7 Å². The molecule has 2 aromatic carbocycles. The van der Waals surface area contributed by atoms with Crippen LogP contribution >= 0.6 is 11.6 Å². The van der Waals surface area contributed by atoms with Crippen LogP contribution in [0.25, 0.3) is 0 Å². The summed E-state index contributed by atoms with van der Waals surface area (Å²) in [5.74, 6) is 0.643. The maximum absolute atomic E-state index is 12.7. The van der Waals surface area contributed by atoms with Gasteiger partial charge >= 0.3 is 0 Å². The van der Waals surface area contributed by atoms with Crippen molar-refractivity contribution in [3.05, 3.63) is 64.7 Å². The first-order valence-corrected chi connectivity index (χ1v) is 9.43. The van der Waals surface area contributed by atoms with Gasteiger partial charge in [-0.25, -0.2) is 0 Å². The van der Waals surface area contributed by atoms with Crippen LogP contribution in [0.1, 0.15) is 41.2 Å². The Hall–Kier alpha value is -2.53. The number of hydrogen-bond acceptors (Lipinski definition) is 3. The van der Waals surface area contributed by atoms with E-state index in [1.807, 2.05) is 29.2 Å². The number of carbonyl (C=O) groups excluding carboxylic acids is 2. The first-order chi connectivity index (χ1) is 13.1. The van der Waals surface area contributed by atoms with Crippen molar-refractivity contribution in [1.82, 2.24) is 10.2 Å². The topological polar surface area (TPSA) is 58.6 Å². The average Bonchev–Trinajstić information content (AvgIpc) is 3.18. The van der Waals surface area contributed by atoms with Gasteiger partial charge in [-0.1, -0.05) is 23.7 Å². The zero-order chi connectivity index (χ0) is 19.2. The molecule has 1 heterocycles. The zero-order valence-electron chi connectivity index (χ0n) is 15.3. The van der Waals surface area contributed by atoms with E-state index in [4.69, 9.17) is 16.3 Å². The molecule has 0 aliphatic carbocycles. The van der Waals surface area contributed by atoms with E-state index < -0.39 is 0 Å². The number of likely N-dealkylation sites (tertiary alicyclic amines) is 1. The van der Waals surface area contributed by atoms with E-state index >= 15 is 0 Å². The minimum Gasteiger partial charge on any atom is -0.497 e. The molecule has 2 amide bonds. The van der Waals surface area contributed by atoms with Crippen LogP contribution in [0.4, 0.5) is 0 Å². The Kier molecular flexibility index (Phi) is 6.35. The fourth-order valence-electron chi connectivity index (χ4n) is 3.39. The standard InChI is InChI=1S/C21H23ClN2O3/c1-27-18-5-2-4-16(14-18)19-6-3-13-24(19)20(25)11-12-23-21(26)15-7-9-17(22)10-8-15/h2,4-5,7-10,14,19H,3,6,11-13H2,1H3,(H,23,26). The summed E-state index contributed by atoms with van der Waals surface area (Å²) in [6.07, 6.45) is 2.20. The fourth-order valence-corrected chi connectivity index (χ4v) is 3.52. The van der Waals surface area contributed by atoms with Crippen LogP contribution in [0, 0.1) is 0 Å². The average molecular weight is 387 g/mol. The zero-order valence-corrected chi connectivity index (χ0v) is 16.0. The van der Waals surface area contributed by atoms with Crippen molar-refractivity contribution in [3.63, 3.8) is 0 Å². The van der Waals surface area contributed by atoms with E-state index in [9.17, 15) is 9.59 Å². The van der Waals surface area contributed by atoms with Crippen LogP contribution in [0.5, 0.6) is 5.75 Å². The summed E-state index contributed by atoms with van der Waals surface area (Å²) in [7, 11) is 1.64. The molecule has 1 saturated heterocycles. The van der Waals surface area contributed by atoms with Crippen LogP contribution in [-0.4, -0.2) is 36.9 Å². The minimum atomic E-state index is -0.203. The summed E-state index contributed by atoms with van der Waals surface area (Å²) < 4.78 is 5.29. The molecule has 1 aliphatic heterocycles. The van der Waals surface area contributed by atoms with Crippen LogP contribution in [0.3, 0.4) is 0 Å². The van der Waals surface area contributed by atoms with Gasteiger partial charge in [0.15, 0.2) is 0 Å². The first-order valence-electron chi connectivity index (χ1n) is 9.05. The molecule has 1 aliphatic rings. The molecule has 6 heteroatoms. The number of nitrogens with zero attached hydrogens (tertiary/aromatic N) is 1. The van der Waals surface area contributed by atoms with E-state index in [2.05, 4.69) is 5.32 Å². The predicted molar refractivity (Wildman–Crippen MR) is 105 cm³/mol. The lowest BCUT2D eigenvalue weighted by Crippen LogP contribution is -2.34. The largest absolute Gasteiger partial charge is 0.497 e. The highest BCUT2D eigenvalue weighted by molar-refractivity contribution is 6.30. The molecule has 142 valence electrons. The maximum atomic E-state index is 12.7. The van der Waals surface area contributed by atoms with Gasteiger partial charge in [-0.05, 0) is 54.8 Å². The third-order valence-electron chi connectivity index (χ3n) is 4.78. The summed E-state index contributed by atoms with van der Waals surface area (Å²) in [5.41, 5.74) is 1.62. The number of hydrogen-bond donors (Lipinski definition) is 1. The summed E-state index contributed by atoms with van der Waals surface area (Å²) in [4.78, 5) is 26.7. The van der Waals surface area contributed by atoms with Crippen molar-refractivity contribution >= 4 is 23.4 Å². The molecule has 2 aromatic rings. The summed E-state index contributed by atoms with van der Waals surface area (Å²) in [5, 5.41) is 3.38. The van der Waals surface area contributed by atoms with Gasteiger partial charge in [-0.3, -0.25) is 9.59 Å². The normalized spacial score (nSPS) is 16.2.